The number of halogens is 2. The molecule has 0 aliphatic heterocycles. The normalized spacial score (nSPS) is 10.5. The molecule has 0 saturated carbocycles. The number of fused-ring (bicyclic) bond motifs is 1. The smallest absolute Gasteiger partial charge is 0.244 e. The average Bonchev–Trinajstić information content (AvgIpc) is 2.74. The highest BCUT2D eigenvalue weighted by atomic mass is 35.5. The van der Waals surface area contributed by atoms with E-state index in [-0.39, 0.29) is 18.2 Å². The predicted octanol–water partition coefficient (Wildman–Crippen LogP) is 5.03. The highest BCUT2D eigenvalue weighted by molar-refractivity contribution is 5.89. The van der Waals surface area contributed by atoms with E-state index in [1.165, 1.54) is 23.4 Å². The second-order valence-corrected chi connectivity index (χ2v) is 5.02. The molecule has 0 N–H and O–H groups in total. The molecule has 0 spiro atoms. The van der Waals surface area contributed by atoms with Crippen LogP contribution in [0.3, 0.4) is 0 Å². The largest absolute Gasteiger partial charge is 0.437 e. The van der Waals surface area contributed by atoms with E-state index in [4.69, 9.17) is 4.74 Å². The highest BCUT2D eigenvalue weighted by Gasteiger charge is 2.15. The van der Waals surface area contributed by atoms with E-state index < -0.39 is 0 Å². The molecule has 0 bridgehead atoms. The van der Waals surface area contributed by atoms with Crippen LogP contribution in [0.2, 0.25) is 0 Å². The molecule has 0 unspecified atom stereocenters. The first kappa shape index (κ1) is 16.3. The molecule has 0 fully saturated rings. The zero-order valence-corrected chi connectivity index (χ0v) is 13.6. The minimum atomic E-state index is -0.280. The van der Waals surface area contributed by atoms with Crippen LogP contribution in [0, 0.1) is 19.7 Å². The first-order valence-corrected chi connectivity index (χ1v) is 6.99. The fourth-order valence-electron chi connectivity index (χ4n) is 2.65. The number of hydrogen-bond donors (Lipinski definition) is 0. The zero-order chi connectivity index (χ0) is 15.0. The van der Waals surface area contributed by atoms with E-state index in [1.807, 2.05) is 6.07 Å². The second-order valence-electron chi connectivity index (χ2n) is 5.02. The van der Waals surface area contributed by atoms with E-state index >= 15 is 0 Å². The third-order valence-electron chi connectivity index (χ3n) is 3.86. The van der Waals surface area contributed by atoms with Gasteiger partial charge < -0.3 is 9.30 Å². The van der Waals surface area contributed by atoms with Gasteiger partial charge in [0.2, 0.25) is 5.88 Å². The van der Waals surface area contributed by atoms with Gasteiger partial charge in [-0.25, -0.2) is 9.37 Å². The number of pyridine rings is 1. The van der Waals surface area contributed by atoms with Crippen molar-refractivity contribution in [3.05, 3.63) is 53.6 Å². The summed E-state index contributed by atoms with van der Waals surface area (Å²) in [5, 5.41) is 1.14. The molecule has 0 aliphatic carbocycles. The van der Waals surface area contributed by atoms with Gasteiger partial charge in [0.1, 0.15) is 17.1 Å². The van der Waals surface area contributed by atoms with Crippen LogP contribution < -0.4 is 4.74 Å². The zero-order valence-electron chi connectivity index (χ0n) is 12.8. The molecule has 0 radical (unpaired) electrons. The Balaban J connectivity index is 0.00000176. The summed E-state index contributed by atoms with van der Waals surface area (Å²) in [5.74, 6) is 0.852. The Kier molecular flexibility index (Phi) is 4.71. The van der Waals surface area contributed by atoms with E-state index in [2.05, 4.69) is 30.3 Å². The fourth-order valence-corrected chi connectivity index (χ4v) is 2.65. The molecule has 0 aliphatic rings. The third kappa shape index (κ3) is 2.66. The van der Waals surface area contributed by atoms with Crippen LogP contribution in [0.15, 0.2) is 36.5 Å². The summed E-state index contributed by atoms with van der Waals surface area (Å²) in [4.78, 5) is 4.35. The van der Waals surface area contributed by atoms with Crippen molar-refractivity contribution < 1.29 is 9.13 Å². The van der Waals surface area contributed by atoms with Gasteiger partial charge in [-0.2, -0.15) is 0 Å². The predicted molar refractivity (Wildman–Crippen MR) is 88.6 cm³/mol. The van der Waals surface area contributed by atoms with Crippen LogP contribution >= 0.6 is 12.4 Å². The van der Waals surface area contributed by atoms with E-state index in [9.17, 15) is 4.39 Å². The first-order valence-electron chi connectivity index (χ1n) is 6.99. The first-order chi connectivity index (χ1) is 10.1. The molecule has 22 heavy (non-hydrogen) atoms. The molecular formula is C17H18ClFN2O. The number of ether oxygens (including phenoxy) is 1. The Morgan fingerprint density at radius 1 is 1.14 bits per heavy atom. The van der Waals surface area contributed by atoms with E-state index in [0.29, 0.717) is 11.6 Å². The maximum Gasteiger partial charge on any atom is 0.244 e. The van der Waals surface area contributed by atoms with Crippen molar-refractivity contribution in [2.75, 3.05) is 0 Å². The van der Waals surface area contributed by atoms with Crippen LogP contribution in [0.4, 0.5) is 4.39 Å². The van der Waals surface area contributed by atoms with Crippen molar-refractivity contribution in [1.82, 2.24) is 9.55 Å². The van der Waals surface area contributed by atoms with Crippen LogP contribution in [0.25, 0.3) is 10.9 Å². The summed E-state index contributed by atoms with van der Waals surface area (Å²) in [6, 6.07) is 7.97. The molecule has 2 heterocycles. The van der Waals surface area contributed by atoms with Crippen LogP contribution in [0.1, 0.15) is 18.2 Å². The molecule has 3 aromatic rings. The molecule has 2 aromatic heterocycles. The summed E-state index contributed by atoms with van der Waals surface area (Å²) >= 11 is 0. The Hall–Kier alpha value is -2.07. The summed E-state index contributed by atoms with van der Waals surface area (Å²) in [6.07, 6.45) is 1.74. The molecule has 5 heteroatoms. The van der Waals surface area contributed by atoms with E-state index in [1.54, 1.807) is 18.3 Å². The van der Waals surface area contributed by atoms with Crippen molar-refractivity contribution in [1.29, 1.82) is 0 Å². The van der Waals surface area contributed by atoms with Gasteiger partial charge in [-0.15, -0.1) is 12.4 Å². The molecule has 116 valence electrons. The van der Waals surface area contributed by atoms with Gasteiger partial charge in [0.05, 0.1) is 0 Å². The number of aryl methyl sites for hydroxylation is 2. The maximum atomic E-state index is 13.0. The molecule has 3 rings (SSSR count). The van der Waals surface area contributed by atoms with Gasteiger partial charge >= 0.3 is 0 Å². The minimum Gasteiger partial charge on any atom is -0.437 e. The standard InChI is InChI=1S/C17H17FN2O.ClH/c1-4-20-12(3)11(2)15-9-10-19-17(16(15)20)21-14-7-5-13(18)6-8-14;/h5-10H,4H2,1-3H3;1H. The van der Waals surface area contributed by atoms with Gasteiger partial charge in [0.25, 0.3) is 0 Å². The second kappa shape index (κ2) is 6.36. The van der Waals surface area contributed by atoms with Crippen molar-refractivity contribution >= 4 is 23.3 Å². The van der Waals surface area contributed by atoms with Gasteiger partial charge in [-0.05, 0) is 56.7 Å². The molecular weight excluding hydrogens is 303 g/mol. The maximum absolute atomic E-state index is 13.0. The Bertz CT molecular complexity index is 797. The number of hydrogen-bond acceptors (Lipinski definition) is 2. The summed E-state index contributed by atoms with van der Waals surface area (Å²) < 4.78 is 21.0. The van der Waals surface area contributed by atoms with Crippen molar-refractivity contribution in [2.24, 2.45) is 0 Å². The Labute approximate surface area is 135 Å². The number of nitrogens with zero attached hydrogens (tertiary/aromatic N) is 2. The topological polar surface area (TPSA) is 27.1 Å². The number of rotatable bonds is 3. The molecule has 3 nitrogen and oxygen atoms in total. The van der Waals surface area contributed by atoms with Crippen molar-refractivity contribution in [2.45, 2.75) is 27.3 Å². The molecule has 0 saturated heterocycles. The SMILES string of the molecule is CCn1c(C)c(C)c2ccnc(Oc3ccc(F)cc3)c21.Cl. The Morgan fingerprint density at radius 2 is 1.82 bits per heavy atom. The third-order valence-corrected chi connectivity index (χ3v) is 3.86. The quantitative estimate of drug-likeness (QED) is 0.677. The fraction of sp³-hybridized carbons (Fsp3) is 0.235. The molecule has 0 amide bonds. The number of aromatic nitrogens is 2. The summed E-state index contributed by atoms with van der Waals surface area (Å²) in [5.41, 5.74) is 3.43. The van der Waals surface area contributed by atoms with Gasteiger partial charge in [0, 0.05) is 23.8 Å². The molecule has 1 aromatic carbocycles. The van der Waals surface area contributed by atoms with Crippen molar-refractivity contribution in [3.63, 3.8) is 0 Å². The van der Waals surface area contributed by atoms with Gasteiger partial charge in [0.15, 0.2) is 0 Å². The lowest BCUT2D eigenvalue weighted by atomic mass is 10.2. The lowest BCUT2D eigenvalue weighted by Gasteiger charge is -2.09. The lowest BCUT2D eigenvalue weighted by molar-refractivity contribution is 0.464. The van der Waals surface area contributed by atoms with Crippen LogP contribution in [0.5, 0.6) is 11.6 Å². The summed E-state index contributed by atoms with van der Waals surface area (Å²) in [7, 11) is 0. The minimum absolute atomic E-state index is 0. The monoisotopic (exact) mass is 320 g/mol. The van der Waals surface area contributed by atoms with Gasteiger partial charge in [-0.1, -0.05) is 0 Å². The highest BCUT2D eigenvalue weighted by Crippen LogP contribution is 2.33. The van der Waals surface area contributed by atoms with Crippen molar-refractivity contribution in [3.8, 4) is 11.6 Å². The Morgan fingerprint density at radius 3 is 2.45 bits per heavy atom. The molecule has 0 atom stereocenters. The van der Waals surface area contributed by atoms with Crippen LogP contribution in [-0.4, -0.2) is 9.55 Å². The number of benzene rings is 1. The summed E-state index contributed by atoms with van der Waals surface area (Å²) in [6.45, 7) is 7.15. The lowest BCUT2D eigenvalue weighted by Crippen LogP contribution is -1.99. The average molecular weight is 321 g/mol. The van der Waals surface area contributed by atoms with Gasteiger partial charge in [-0.3, -0.25) is 0 Å². The van der Waals surface area contributed by atoms with E-state index in [0.717, 1.165) is 17.4 Å². The van der Waals surface area contributed by atoms with Crippen LogP contribution in [-0.2, 0) is 6.54 Å².